The van der Waals surface area contributed by atoms with Crippen LogP contribution in [0.2, 0.25) is 0 Å². The van der Waals surface area contributed by atoms with E-state index in [1.165, 1.54) is 4.88 Å². The minimum absolute atomic E-state index is 0.581. The van der Waals surface area contributed by atoms with E-state index in [2.05, 4.69) is 62.3 Å². The summed E-state index contributed by atoms with van der Waals surface area (Å²) in [7, 11) is 0. The van der Waals surface area contributed by atoms with Crippen LogP contribution in [-0.2, 0) is 6.54 Å². The maximum atomic E-state index is 3.52. The van der Waals surface area contributed by atoms with Gasteiger partial charge in [-0.05, 0) is 37.8 Å². The van der Waals surface area contributed by atoms with Crippen molar-refractivity contribution in [2.75, 3.05) is 13.1 Å². The summed E-state index contributed by atoms with van der Waals surface area (Å²) in [6, 6.07) is 5.56. The van der Waals surface area contributed by atoms with Crippen molar-refractivity contribution in [2.45, 2.75) is 53.2 Å². The Labute approximate surface area is 116 Å². The molecular weight excluding hydrogens is 240 g/mol. The number of nitrogens with one attached hydrogen (secondary N) is 1. The topological polar surface area (TPSA) is 15.3 Å². The normalized spacial score (nSPS) is 13.8. The number of thiophene rings is 1. The van der Waals surface area contributed by atoms with Crippen LogP contribution in [0.15, 0.2) is 17.5 Å². The van der Waals surface area contributed by atoms with Crippen molar-refractivity contribution < 1.29 is 0 Å². The van der Waals surface area contributed by atoms with Gasteiger partial charge < -0.3 is 5.32 Å². The summed E-state index contributed by atoms with van der Waals surface area (Å²) in [6.45, 7) is 14.7. The van der Waals surface area contributed by atoms with E-state index >= 15 is 0 Å². The maximum absolute atomic E-state index is 3.52. The summed E-state index contributed by atoms with van der Waals surface area (Å²) in [5.74, 6) is 0.690. The molecule has 0 aliphatic rings. The minimum Gasteiger partial charge on any atom is -0.314 e. The highest BCUT2D eigenvalue weighted by Crippen LogP contribution is 2.15. The molecule has 0 fully saturated rings. The fraction of sp³-hybridized carbons (Fsp3) is 0.733. The van der Waals surface area contributed by atoms with Crippen molar-refractivity contribution in [3.05, 3.63) is 22.4 Å². The molecule has 0 aliphatic heterocycles. The molecule has 1 rings (SSSR count). The van der Waals surface area contributed by atoms with E-state index in [1.54, 1.807) is 0 Å². The van der Waals surface area contributed by atoms with E-state index in [0.717, 1.165) is 19.6 Å². The van der Waals surface area contributed by atoms with Crippen LogP contribution in [0.4, 0.5) is 0 Å². The number of hydrogen-bond acceptors (Lipinski definition) is 3. The van der Waals surface area contributed by atoms with Gasteiger partial charge in [-0.2, -0.15) is 0 Å². The van der Waals surface area contributed by atoms with Crippen molar-refractivity contribution in [1.82, 2.24) is 10.2 Å². The summed E-state index contributed by atoms with van der Waals surface area (Å²) in [4.78, 5) is 4.03. The van der Waals surface area contributed by atoms with E-state index in [1.807, 2.05) is 11.3 Å². The van der Waals surface area contributed by atoms with Gasteiger partial charge in [0.1, 0.15) is 0 Å². The van der Waals surface area contributed by atoms with E-state index in [-0.39, 0.29) is 0 Å². The molecule has 0 aromatic carbocycles. The predicted octanol–water partition coefficient (Wildman–Crippen LogP) is 3.59. The highest BCUT2D eigenvalue weighted by molar-refractivity contribution is 7.09. The Hall–Kier alpha value is -0.380. The molecule has 0 amide bonds. The fourth-order valence-corrected chi connectivity index (χ4v) is 2.69. The van der Waals surface area contributed by atoms with Crippen LogP contribution in [-0.4, -0.2) is 30.1 Å². The lowest BCUT2D eigenvalue weighted by molar-refractivity contribution is 0.183. The van der Waals surface area contributed by atoms with Gasteiger partial charge in [0.15, 0.2) is 0 Å². The predicted molar refractivity (Wildman–Crippen MR) is 82.2 cm³/mol. The van der Waals surface area contributed by atoms with Crippen LogP contribution in [0.3, 0.4) is 0 Å². The van der Waals surface area contributed by atoms with E-state index in [9.17, 15) is 0 Å². The molecule has 1 unspecified atom stereocenters. The SMILES string of the molecule is CC(CNC(C)C)CN(Cc1cccs1)C(C)C. The van der Waals surface area contributed by atoms with Crippen molar-refractivity contribution >= 4 is 11.3 Å². The van der Waals surface area contributed by atoms with E-state index in [4.69, 9.17) is 0 Å². The van der Waals surface area contributed by atoms with Crippen LogP contribution in [0.5, 0.6) is 0 Å². The van der Waals surface area contributed by atoms with Crippen molar-refractivity contribution in [3.8, 4) is 0 Å². The Kier molecular flexibility index (Phi) is 6.90. The summed E-state index contributed by atoms with van der Waals surface area (Å²) >= 11 is 1.86. The molecule has 0 saturated carbocycles. The average molecular weight is 268 g/mol. The summed E-state index contributed by atoms with van der Waals surface area (Å²) in [6.07, 6.45) is 0. The third-order valence-corrected chi connectivity index (χ3v) is 3.95. The van der Waals surface area contributed by atoms with Gasteiger partial charge in [-0.25, -0.2) is 0 Å². The molecule has 18 heavy (non-hydrogen) atoms. The molecule has 1 aromatic heterocycles. The van der Waals surface area contributed by atoms with Crippen LogP contribution < -0.4 is 5.32 Å². The number of hydrogen-bond donors (Lipinski definition) is 1. The van der Waals surface area contributed by atoms with Gasteiger partial charge >= 0.3 is 0 Å². The quantitative estimate of drug-likeness (QED) is 0.775. The summed E-state index contributed by atoms with van der Waals surface area (Å²) < 4.78 is 0. The Morgan fingerprint density at radius 1 is 1.22 bits per heavy atom. The lowest BCUT2D eigenvalue weighted by Gasteiger charge is -2.29. The average Bonchev–Trinajstić information content (AvgIpc) is 2.78. The second kappa shape index (κ2) is 7.93. The molecule has 0 saturated heterocycles. The first kappa shape index (κ1) is 15.7. The smallest absolute Gasteiger partial charge is 0.0330 e. The van der Waals surface area contributed by atoms with Gasteiger partial charge in [-0.15, -0.1) is 11.3 Å². The third-order valence-electron chi connectivity index (χ3n) is 3.09. The first-order valence-corrected chi connectivity index (χ1v) is 7.86. The third kappa shape index (κ3) is 5.98. The lowest BCUT2D eigenvalue weighted by Crippen LogP contribution is -2.38. The van der Waals surface area contributed by atoms with Crippen molar-refractivity contribution in [3.63, 3.8) is 0 Å². The minimum atomic E-state index is 0.581. The van der Waals surface area contributed by atoms with Gasteiger partial charge in [0.05, 0.1) is 0 Å². The summed E-state index contributed by atoms with van der Waals surface area (Å²) in [5.41, 5.74) is 0. The van der Waals surface area contributed by atoms with Gasteiger partial charge in [0.2, 0.25) is 0 Å². The molecule has 1 atom stereocenters. The molecule has 1 aromatic rings. The molecular formula is C15H28N2S. The highest BCUT2D eigenvalue weighted by Gasteiger charge is 2.14. The monoisotopic (exact) mass is 268 g/mol. The largest absolute Gasteiger partial charge is 0.314 e. The molecule has 0 aliphatic carbocycles. The fourth-order valence-electron chi connectivity index (χ4n) is 1.96. The van der Waals surface area contributed by atoms with Crippen LogP contribution >= 0.6 is 11.3 Å². The maximum Gasteiger partial charge on any atom is 0.0330 e. The van der Waals surface area contributed by atoms with Crippen LogP contribution in [0.1, 0.15) is 39.5 Å². The van der Waals surface area contributed by atoms with E-state index < -0.39 is 0 Å². The Morgan fingerprint density at radius 2 is 1.94 bits per heavy atom. The molecule has 1 heterocycles. The molecule has 1 N–H and O–H groups in total. The van der Waals surface area contributed by atoms with Crippen LogP contribution in [0.25, 0.3) is 0 Å². The number of rotatable bonds is 8. The zero-order chi connectivity index (χ0) is 13.5. The standard InChI is InChI=1S/C15H28N2S/c1-12(2)16-9-14(5)10-17(13(3)4)11-15-7-6-8-18-15/h6-8,12-14,16H,9-11H2,1-5H3. The molecule has 0 radical (unpaired) electrons. The van der Waals surface area contributed by atoms with Crippen molar-refractivity contribution in [1.29, 1.82) is 0 Å². The van der Waals surface area contributed by atoms with Gasteiger partial charge in [-0.3, -0.25) is 4.90 Å². The Bertz CT molecular complexity index is 306. The van der Waals surface area contributed by atoms with Gasteiger partial charge in [0.25, 0.3) is 0 Å². The van der Waals surface area contributed by atoms with Crippen LogP contribution in [0, 0.1) is 5.92 Å². The molecule has 0 spiro atoms. The molecule has 0 bridgehead atoms. The summed E-state index contributed by atoms with van der Waals surface area (Å²) in [5, 5.41) is 5.69. The van der Waals surface area contributed by atoms with Gasteiger partial charge in [-0.1, -0.05) is 26.8 Å². The second-order valence-corrected chi connectivity index (χ2v) is 6.80. The highest BCUT2D eigenvalue weighted by atomic mass is 32.1. The first-order chi connectivity index (χ1) is 8.49. The zero-order valence-corrected chi connectivity index (χ0v) is 13.3. The number of nitrogens with zero attached hydrogens (tertiary/aromatic N) is 1. The second-order valence-electron chi connectivity index (χ2n) is 5.77. The first-order valence-electron chi connectivity index (χ1n) is 6.98. The van der Waals surface area contributed by atoms with Crippen molar-refractivity contribution in [2.24, 2.45) is 5.92 Å². The van der Waals surface area contributed by atoms with Gasteiger partial charge in [0, 0.05) is 30.1 Å². The zero-order valence-electron chi connectivity index (χ0n) is 12.4. The molecule has 104 valence electrons. The van der Waals surface area contributed by atoms with E-state index in [0.29, 0.717) is 18.0 Å². The molecule has 2 nitrogen and oxygen atoms in total. The molecule has 3 heteroatoms. The Balaban J connectivity index is 2.42. The Morgan fingerprint density at radius 3 is 2.44 bits per heavy atom. The lowest BCUT2D eigenvalue weighted by atomic mass is 10.1.